The van der Waals surface area contributed by atoms with Crippen molar-refractivity contribution < 1.29 is 13.2 Å². The normalized spacial score (nSPS) is 15.4. The number of thioether (sulfide) groups is 1. The molecule has 1 heterocycles. The molecule has 0 atom stereocenters. The van der Waals surface area contributed by atoms with Gasteiger partial charge in [0.05, 0.1) is 10.5 Å². The number of nitrogens with zero attached hydrogens (tertiary/aromatic N) is 1. The highest BCUT2D eigenvalue weighted by Gasteiger charge is 2.26. The van der Waals surface area contributed by atoms with E-state index in [0.717, 1.165) is 35.5 Å². The molecule has 1 N–H and O–H groups in total. The third kappa shape index (κ3) is 4.59. The number of aryl methyl sites for hydroxylation is 1. The Morgan fingerprint density at radius 1 is 1.11 bits per heavy atom. The lowest BCUT2D eigenvalue weighted by molar-refractivity contribution is 0.102. The Morgan fingerprint density at radius 3 is 2.54 bits per heavy atom. The van der Waals surface area contributed by atoms with Gasteiger partial charge in [0.2, 0.25) is 10.0 Å². The van der Waals surface area contributed by atoms with E-state index in [4.69, 9.17) is 0 Å². The van der Waals surface area contributed by atoms with Gasteiger partial charge in [-0.05, 0) is 55.3 Å². The Morgan fingerprint density at radius 2 is 1.82 bits per heavy atom. The van der Waals surface area contributed by atoms with Gasteiger partial charge in [0, 0.05) is 23.7 Å². The van der Waals surface area contributed by atoms with E-state index in [-0.39, 0.29) is 10.8 Å². The van der Waals surface area contributed by atoms with Crippen LogP contribution < -0.4 is 5.32 Å². The summed E-state index contributed by atoms with van der Waals surface area (Å²) < 4.78 is 27.5. The fraction of sp³-hybridized carbons (Fsp3) is 0.381. The van der Waals surface area contributed by atoms with E-state index in [1.165, 1.54) is 0 Å². The summed E-state index contributed by atoms with van der Waals surface area (Å²) in [6.07, 6.45) is 2.84. The SMILES string of the molecule is CCSc1ccccc1C(=O)Nc1cc(S(=O)(=O)N2CCCCC2)ccc1C. The molecule has 0 saturated carbocycles. The number of anilines is 1. The van der Waals surface area contributed by atoms with Crippen molar-refractivity contribution in [3.8, 4) is 0 Å². The molecule has 2 aromatic rings. The number of carbonyl (C=O) groups excluding carboxylic acids is 1. The number of amides is 1. The van der Waals surface area contributed by atoms with Crippen molar-refractivity contribution in [3.05, 3.63) is 53.6 Å². The predicted octanol–water partition coefficient (Wildman–Crippen LogP) is 4.53. The molecular formula is C21H26N2O3S2. The Balaban J connectivity index is 1.87. The molecule has 0 radical (unpaired) electrons. The van der Waals surface area contributed by atoms with Crippen LogP contribution in [0.3, 0.4) is 0 Å². The maximum absolute atomic E-state index is 13.0. The molecule has 7 heteroatoms. The van der Waals surface area contributed by atoms with Crippen LogP contribution in [0.4, 0.5) is 5.69 Å². The minimum absolute atomic E-state index is 0.228. The number of benzene rings is 2. The zero-order valence-electron chi connectivity index (χ0n) is 16.3. The van der Waals surface area contributed by atoms with E-state index < -0.39 is 10.0 Å². The first-order chi connectivity index (χ1) is 13.4. The molecule has 0 unspecified atom stereocenters. The molecule has 3 rings (SSSR count). The Hall–Kier alpha value is -1.83. The monoisotopic (exact) mass is 418 g/mol. The molecule has 1 saturated heterocycles. The third-order valence-electron chi connectivity index (χ3n) is 4.84. The van der Waals surface area contributed by atoms with Crippen LogP contribution >= 0.6 is 11.8 Å². The standard InChI is InChI=1S/C21H26N2O3S2/c1-3-27-20-10-6-5-9-18(20)21(24)22-19-15-17(12-11-16(19)2)28(25,26)23-13-7-4-8-14-23/h5-6,9-12,15H,3-4,7-8,13-14H2,1-2H3,(H,22,24). The average molecular weight is 419 g/mol. The minimum atomic E-state index is -3.54. The summed E-state index contributed by atoms with van der Waals surface area (Å²) in [5, 5.41) is 2.91. The fourth-order valence-electron chi connectivity index (χ4n) is 3.28. The predicted molar refractivity (Wildman–Crippen MR) is 115 cm³/mol. The molecule has 0 bridgehead atoms. The zero-order valence-corrected chi connectivity index (χ0v) is 17.9. The molecule has 1 fully saturated rings. The Bertz CT molecular complexity index is 952. The number of nitrogens with one attached hydrogen (secondary N) is 1. The van der Waals surface area contributed by atoms with Crippen LogP contribution in [0.15, 0.2) is 52.3 Å². The van der Waals surface area contributed by atoms with Crippen LogP contribution in [0.2, 0.25) is 0 Å². The molecule has 1 amide bonds. The van der Waals surface area contributed by atoms with Crippen molar-refractivity contribution in [2.24, 2.45) is 0 Å². The lowest BCUT2D eigenvalue weighted by Crippen LogP contribution is -2.35. The van der Waals surface area contributed by atoms with E-state index >= 15 is 0 Å². The first-order valence-corrected chi connectivity index (χ1v) is 12.0. The highest BCUT2D eigenvalue weighted by Crippen LogP contribution is 2.27. The van der Waals surface area contributed by atoms with Gasteiger partial charge in [0.1, 0.15) is 0 Å². The summed E-state index contributed by atoms with van der Waals surface area (Å²) in [6.45, 7) is 5.01. The van der Waals surface area contributed by atoms with Gasteiger partial charge in [-0.15, -0.1) is 11.8 Å². The molecule has 150 valence electrons. The maximum atomic E-state index is 13.0. The second-order valence-electron chi connectivity index (χ2n) is 6.82. The lowest BCUT2D eigenvalue weighted by Gasteiger charge is -2.26. The molecule has 1 aliphatic heterocycles. The summed E-state index contributed by atoms with van der Waals surface area (Å²) >= 11 is 1.61. The van der Waals surface area contributed by atoms with Crippen LogP contribution in [0.1, 0.15) is 42.1 Å². The van der Waals surface area contributed by atoms with Crippen LogP contribution in [0.25, 0.3) is 0 Å². The highest BCUT2D eigenvalue weighted by molar-refractivity contribution is 7.99. The molecule has 28 heavy (non-hydrogen) atoms. The van der Waals surface area contributed by atoms with Crippen LogP contribution in [-0.2, 0) is 10.0 Å². The summed E-state index contributed by atoms with van der Waals surface area (Å²) in [5.74, 6) is 0.638. The molecule has 0 spiro atoms. The molecule has 0 aliphatic carbocycles. The van der Waals surface area contributed by atoms with Crippen LogP contribution in [0, 0.1) is 6.92 Å². The zero-order chi connectivity index (χ0) is 20.1. The second-order valence-corrected chi connectivity index (χ2v) is 10.1. The smallest absolute Gasteiger partial charge is 0.256 e. The van der Waals surface area contributed by atoms with Crippen molar-refractivity contribution in [3.63, 3.8) is 0 Å². The van der Waals surface area contributed by atoms with Crippen molar-refractivity contribution >= 4 is 33.4 Å². The number of piperidine rings is 1. The fourth-order valence-corrected chi connectivity index (χ4v) is 5.62. The molecule has 1 aliphatic rings. The summed E-state index contributed by atoms with van der Waals surface area (Å²) in [7, 11) is -3.54. The van der Waals surface area contributed by atoms with Gasteiger partial charge in [-0.25, -0.2) is 8.42 Å². The van der Waals surface area contributed by atoms with E-state index in [2.05, 4.69) is 5.32 Å². The topological polar surface area (TPSA) is 66.5 Å². The molecule has 0 aromatic heterocycles. The lowest BCUT2D eigenvalue weighted by atomic mass is 10.1. The number of hydrogen-bond acceptors (Lipinski definition) is 4. The van der Waals surface area contributed by atoms with E-state index in [1.54, 1.807) is 40.3 Å². The third-order valence-corrected chi connectivity index (χ3v) is 7.69. The largest absolute Gasteiger partial charge is 0.322 e. The van der Waals surface area contributed by atoms with Gasteiger partial charge in [0.15, 0.2) is 0 Å². The first kappa shape index (κ1) is 20.9. The number of sulfonamides is 1. The number of rotatable bonds is 6. The quantitative estimate of drug-likeness (QED) is 0.700. The van der Waals surface area contributed by atoms with Crippen molar-refractivity contribution in [1.82, 2.24) is 4.31 Å². The van der Waals surface area contributed by atoms with Gasteiger partial charge >= 0.3 is 0 Å². The maximum Gasteiger partial charge on any atom is 0.256 e. The van der Waals surface area contributed by atoms with Crippen molar-refractivity contribution in [1.29, 1.82) is 0 Å². The molecule has 5 nitrogen and oxygen atoms in total. The molecule has 2 aromatic carbocycles. The van der Waals surface area contributed by atoms with Crippen molar-refractivity contribution in [2.75, 3.05) is 24.2 Å². The highest BCUT2D eigenvalue weighted by atomic mass is 32.2. The van der Waals surface area contributed by atoms with Crippen molar-refractivity contribution in [2.45, 2.75) is 42.9 Å². The minimum Gasteiger partial charge on any atom is -0.322 e. The number of hydrogen-bond donors (Lipinski definition) is 1. The van der Waals surface area contributed by atoms with Crippen LogP contribution in [0.5, 0.6) is 0 Å². The first-order valence-electron chi connectivity index (χ1n) is 9.57. The summed E-state index contributed by atoms with van der Waals surface area (Å²) in [4.78, 5) is 14.0. The Labute approximate surface area is 171 Å². The number of carbonyl (C=O) groups is 1. The van der Waals surface area contributed by atoms with Crippen LogP contribution in [-0.4, -0.2) is 37.5 Å². The van der Waals surface area contributed by atoms with Gasteiger partial charge in [-0.1, -0.05) is 31.5 Å². The molecular weight excluding hydrogens is 392 g/mol. The van der Waals surface area contributed by atoms with E-state index in [0.29, 0.717) is 24.3 Å². The summed E-state index contributed by atoms with van der Waals surface area (Å²) in [6, 6.07) is 12.4. The van der Waals surface area contributed by atoms with Gasteiger partial charge in [-0.3, -0.25) is 4.79 Å². The van der Waals surface area contributed by atoms with Gasteiger partial charge in [-0.2, -0.15) is 4.31 Å². The average Bonchev–Trinajstić information content (AvgIpc) is 2.71. The summed E-state index contributed by atoms with van der Waals surface area (Å²) in [5.41, 5.74) is 1.95. The van der Waals surface area contributed by atoms with E-state index in [1.807, 2.05) is 32.0 Å². The van der Waals surface area contributed by atoms with Gasteiger partial charge < -0.3 is 5.32 Å². The second kappa shape index (κ2) is 9.11. The van der Waals surface area contributed by atoms with Gasteiger partial charge in [0.25, 0.3) is 5.91 Å². The Kier molecular flexibility index (Phi) is 6.80. The van der Waals surface area contributed by atoms with E-state index in [9.17, 15) is 13.2 Å².